The molecular formula is C24H20ClN5OS. The minimum absolute atomic E-state index is 0.107. The highest BCUT2D eigenvalue weighted by atomic mass is 35.5. The van der Waals surface area contributed by atoms with Gasteiger partial charge in [0.15, 0.2) is 5.11 Å². The molecule has 2 unspecified atom stereocenters. The molecular weight excluding hydrogens is 442 g/mol. The monoisotopic (exact) mass is 461 g/mol. The number of phenols is 1. The molecule has 4 heterocycles. The summed E-state index contributed by atoms with van der Waals surface area (Å²) >= 11 is 12.0. The van der Waals surface area contributed by atoms with Crippen molar-refractivity contribution in [1.29, 1.82) is 0 Å². The molecule has 5 rings (SSSR count). The van der Waals surface area contributed by atoms with Gasteiger partial charge in [-0.05, 0) is 66.3 Å². The van der Waals surface area contributed by atoms with Crippen molar-refractivity contribution >= 4 is 34.6 Å². The van der Waals surface area contributed by atoms with E-state index in [2.05, 4.69) is 25.9 Å². The molecule has 3 aromatic heterocycles. The third-order valence-electron chi connectivity index (χ3n) is 5.54. The van der Waals surface area contributed by atoms with Crippen LogP contribution in [-0.2, 0) is 6.54 Å². The summed E-state index contributed by atoms with van der Waals surface area (Å²) in [5.74, 6) is 0.107. The summed E-state index contributed by atoms with van der Waals surface area (Å²) in [7, 11) is 0. The molecule has 0 saturated carbocycles. The van der Waals surface area contributed by atoms with Gasteiger partial charge >= 0.3 is 0 Å². The average Bonchev–Trinajstić information content (AvgIpc) is 3.40. The summed E-state index contributed by atoms with van der Waals surface area (Å²) in [5.41, 5.74) is 3.52. The predicted octanol–water partition coefficient (Wildman–Crippen LogP) is 4.86. The molecule has 1 aliphatic rings. The van der Waals surface area contributed by atoms with Crippen LogP contribution in [0.2, 0.25) is 5.02 Å². The van der Waals surface area contributed by atoms with Crippen LogP contribution in [0.5, 0.6) is 5.75 Å². The number of halogens is 1. The first kappa shape index (κ1) is 20.5. The largest absolute Gasteiger partial charge is 0.506 e. The van der Waals surface area contributed by atoms with Crippen LogP contribution in [0, 0.1) is 0 Å². The number of rotatable bonds is 5. The predicted molar refractivity (Wildman–Crippen MR) is 129 cm³/mol. The second kappa shape index (κ2) is 8.61. The standard InChI is InChI=1S/C24H20ClN5OS/c25-17-8-9-21(31)20(13-17)30-23(22(28-24(30)32)18-6-1-2-11-27-18)19-7-4-12-29(19)15-16-5-3-10-26-14-16/h1-14,22-23,31H,15H2,(H,28,32). The second-order valence-corrected chi connectivity index (χ2v) is 8.38. The van der Waals surface area contributed by atoms with Crippen LogP contribution in [0.3, 0.4) is 0 Å². The van der Waals surface area contributed by atoms with E-state index < -0.39 is 0 Å². The van der Waals surface area contributed by atoms with Crippen molar-refractivity contribution in [1.82, 2.24) is 19.9 Å². The van der Waals surface area contributed by atoms with Crippen LogP contribution in [0.25, 0.3) is 0 Å². The molecule has 1 aliphatic heterocycles. The van der Waals surface area contributed by atoms with Crippen LogP contribution in [-0.4, -0.2) is 24.8 Å². The van der Waals surface area contributed by atoms with E-state index in [0.29, 0.717) is 22.4 Å². The van der Waals surface area contributed by atoms with Crippen molar-refractivity contribution in [2.24, 2.45) is 0 Å². The maximum atomic E-state index is 10.7. The van der Waals surface area contributed by atoms with E-state index in [9.17, 15) is 5.11 Å². The Bertz CT molecular complexity index is 1250. The van der Waals surface area contributed by atoms with Gasteiger partial charge in [0.25, 0.3) is 0 Å². The average molecular weight is 462 g/mol. The van der Waals surface area contributed by atoms with Gasteiger partial charge < -0.3 is 19.9 Å². The zero-order chi connectivity index (χ0) is 22.1. The quantitative estimate of drug-likeness (QED) is 0.414. The summed E-state index contributed by atoms with van der Waals surface area (Å²) in [4.78, 5) is 10.7. The maximum Gasteiger partial charge on any atom is 0.174 e. The van der Waals surface area contributed by atoms with Crippen molar-refractivity contribution in [3.63, 3.8) is 0 Å². The van der Waals surface area contributed by atoms with Gasteiger partial charge in [-0.25, -0.2) is 0 Å². The fourth-order valence-corrected chi connectivity index (χ4v) is 4.64. The number of phenolic OH excluding ortho intramolecular Hbond substituents is 1. The Kier molecular flexibility index (Phi) is 5.51. The fraction of sp³-hybridized carbons (Fsp3) is 0.125. The zero-order valence-corrected chi connectivity index (χ0v) is 18.5. The molecule has 0 aliphatic carbocycles. The van der Waals surface area contributed by atoms with Gasteiger partial charge in [-0.3, -0.25) is 9.97 Å². The van der Waals surface area contributed by atoms with E-state index in [1.807, 2.05) is 53.7 Å². The van der Waals surface area contributed by atoms with Crippen molar-refractivity contribution in [2.45, 2.75) is 18.6 Å². The molecule has 6 nitrogen and oxygen atoms in total. The number of pyridine rings is 2. The molecule has 1 fully saturated rings. The molecule has 1 saturated heterocycles. The van der Waals surface area contributed by atoms with E-state index in [1.54, 1.807) is 30.6 Å². The lowest BCUT2D eigenvalue weighted by Gasteiger charge is -2.29. The number of hydrogen-bond acceptors (Lipinski definition) is 4. The molecule has 8 heteroatoms. The van der Waals surface area contributed by atoms with Crippen LogP contribution in [0.1, 0.15) is 29.0 Å². The van der Waals surface area contributed by atoms with Gasteiger partial charge in [0, 0.05) is 42.0 Å². The number of aromatic hydroxyl groups is 1. The third kappa shape index (κ3) is 3.81. The summed E-state index contributed by atoms with van der Waals surface area (Å²) in [6.45, 7) is 0.656. The topological polar surface area (TPSA) is 66.2 Å². The Morgan fingerprint density at radius 2 is 1.97 bits per heavy atom. The summed E-state index contributed by atoms with van der Waals surface area (Å²) in [6.07, 6.45) is 7.43. The first-order chi connectivity index (χ1) is 15.6. The van der Waals surface area contributed by atoms with Gasteiger partial charge in [0.2, 0.25) is 0 Å². The van der Waals surface area contributed by atoms with E-state index >= 15 is 0 Å². The summed E-state index contributed by atoms with van der Waals surface area (Å²) in [6, 6.07) is 18.4. The van der Waals surface area contributed by atoms with E-state index in [-0.39, 0.29) is 17.8 Å². The molecule has 2 atom stereocenters. The number of nitrogens with one attached hydrogen (secondary N) is 1. The second-order valence-electron chi connectivity index (χ2n) is 7.55. The van der Waals surface area contributed by atoms with Crippen LogP contribution >= 0.6 is 23.8 Å². The third-order valence-corrected chi connectivity index (χ3v) is 6.09. The molecule has 0 spiro atoms. The highest BCUT2D eigenvalue weighted by molar-refractivity contribution is 7.80. The van der Waals surface area contributed by atoms with E-state index in [4.69, 9.17) is 23.8 Å². The molecule has 0 amide bonds. The zero-order valence-electron chi connectivity index (χ0n) is 17.0. The highest BCUT2D eigenvalue weighted by Gasteiger charge is 2.42. The van der Waals surface area contributed by atoms with Crippen LogP contribution in [0.15, 0.2) is 85.5 Å². The van der Waals surface area contributed by atoms with Crippen molar-refractivity contribution in [3.8, 4) is 5.75 Å². The molecule has 32 heavy (non-hydrogen) atoms. The van der Waals surface area contributed by atoms with Gasteiger partial charge in [-0.1, -0.05) is 23.7 Å². The lowest BCUT2D eigenvalue weighted by atomic mass is 10.0. The minimum Gasteiger partial charge on any atom is -0.506 e. The van der Waals surface area contributed by atoms with E-state index in [1.165, 1.54) is 0 Å². The Balaban J connectivity index is 1.63. The van der Waals surface area contributed by atoms with Gasteiger partial charge in [-0.15, -0.1) is 0 Å². The summed E-state index contributed by atoms with van der Waals surface area (Å²) < 4.78 is 2.17. The highest BCUT2D eigenvalue weighted by Crippen LogP contribution is 2.45. The van der Waals surface area contributed by atoms with Crippen LogP contribution in [0.4, 0.5) is 5.69 Å². The van der Waals surface area contributed by atoms with Crippen molar-refractivity contribution < 1.29 is 5.11 Å². The Morgan fingerprint density at radius 1 is 1.06 bits per heavy atom. The Morgan fingerprint density at radius 3 is 2.75 bits per heavy atom. The number of hydrogen-bond donors (Lipinski definition) is 2. The molecule has 1 aromatic carbocycles. The smallest absolute Gasteiger partial charge is 0.174 e. The van der Waals surface area contributed by atoms with Crippen molar-refractivity contribution in [3.05, 3.63) is 107 Å². The van der Waals surface area contributed by atoms with Crippen molar-refractivity contribution in [2.75, 3.05) is 4.90 Å². The fourth-order valence-electron chi connectivity index (χ4n) is 4.13. The summed E-state index contributed by atoms with van der Waals surface area (Å²) in [5, 5.41) is 15.1. The molecule has 0 radical (unpaired) electrons. The lowest BCUT2D eigenvalue weighted by molar-refractivity contribution is 0.471. The Hall–Kier alpha value is -3.42. The van der Waals surface area contributed by atoms with E-state index in [0.717, 1.165) is 17.0 Å². The number of anilines is 1. The molecule has 0 bridgehead atoms. The van der Waals surface area contributed by atoms with Gasteiger partial charge in [-0.2, -0.15) is 0 Å². The minimum atomic E-state index is -0.256. The number of nitrogens with zero attached hydrogens (tertiary/aromatic N) is 4. The SMILES string of the molecule is Oc1ccc(Cl)cc1N1C(=S)NC(c2ccccn2)C1c1cccn1Cc1cccnc1. The van der Waals surface area contributed by atoms with Crippen LogP contribution < -0.4 is 10.2 Å². The molecule has 160 valence electrons. The first-order valence-electron chi connectivity index (χ1n) is 10.1. The Labute approximate surface area is 196 Å². The molecule has 2 N–H and O–H groups in total. The molecule has 4 aromatic rings. The number of benzene rings is 1. The lowest BCUT2D eigenvalue weighted by Crippen LogP contribution is -2.30. The maximum absolute atomic E-state index is 10.7. The number of aromatic nitrogens is 3. The normalized spacial score (nSPS) is 18.0. The number of thiocarbonyl (C=S) groups is 1. The van der Waals surface area contributed by atoms with Gasteiger partial charge in [0.1, 0.15) is 11.8 Å². The van der Waals surface area contributed by atoms with Gasteiger partial charge in [0.05, 0.1) is 17.4 Å². The first-order valence-corrected chi connectivity index (χ1v) is 10.9.